The molecular formula is C48H64O15. The summed E-state index contributed by atoms with van der Waals surface area (Å²) in [4.78, 5) is 76.0. The Balaban J connectivity index is 2.00. The van der Waals surface area contributed by atoms with E-state index in [1.807, 2.05) is 0 Å². The van der Waals surface area contributed by atoms with E-state index < -0.39 is 67.7 Å². The molecule has 63 heavy (non-hydrogen) atoms. The Bertz CT molecular complexity index is 1850. The molecule has 1 saturated carbocycles. The maximum Gasteiger partial charge on any atom is 0.417 e. The lowest BCUT2D eigenvalue weighted by Gasteiger charge is -2.32. The van der Waals surface area contributed by atoms with Crippen molar-refractivity contribution < 1.29 is 71.4 Å². The largest absolute Gasteiger partial charge is 0.489 e. The number of hydrogen-bond acceptors (Lipinski definition) is 15. The third-order valence-electron chi connectivity index (χ3n) is 10.6. The van der Waals surface area contributed by atoms with Crippen LogP contribution in [0, 0.1) is 11.3 Å². The number of aryl methyl sites for hydroxylation is 1. The summed E-state index contributed by atoms with van der Waals surface area (Å²) >= 11 is 0. The average Bonchev–Trinajstić information content (AvgIpc) is 3.28. The molecule has 0 N–H and O–H groups in total. The summed E-state index contributed by atoms with van der Waals surface area (Å²) in [5.74, 6) is -5.86. The van der Waals surface area contributed by atoms with Crippen LogP contribution in [0.2, 0.25) is 0 Å². The molecule has 15 nitrogen and oxygen atoms in total. The molecule has 1 fully saturated rings. The van der Waals surface area contributed by atoms with Crippen molar-refractivity contribution in [3.63, 3.8) is 0 Å². The molecule has 346 valence electrons. The van der Waals surface area contributed by atoms with E-state index in [1.54, 1.807) is 18.2 Å². The minimum Gasteiger partial charge on any atom is -0.489 e. The quantitative estimate of drug-likeness (QED) is 0.0243. The van der Waals surface area contributed by atoms with Crippen LogP contribution >= 0.6 is 0 Å². The molecule has 2 aromatic carbocycles. The highest BCUT2D eigenvalue weighted by atomic mass is 16.6. The number of methoxy groups -OCH3 is 2. The number of benzene rings is 2. The molecule has 1 aliphatic rings. The lowest BCUT2D eigenvalue weighted by atomic mass is 9.76. The first-order valence-corrected chi connectivity index (χ1v) is 21.4. The number of unbranched alkanes of at least 4 members (excludes halogenated alkanes) is 2. The zero-order chi connectivity index (χ0) is 46.4. The molecular weight excluding hydrogens is 817 g/mol. The fourth-order valence-corrected chi connectivity index (χ4v) is 6.90. The second-order valence-corrected chi connectivity index (χ2v) is 15.9. The Kier molecular flexibility index (Phi) is 22.1. The molecule has 15 heteroatoms. The third-order valence-corrected chi connectivity index (χ3v) is 10.6. The molecule has 0 heterocycles. The van der Waals surface area contributed by atoms with Gasteiger partial charge in [-0.2, -0.15) is 0 Å². The van der Waals surface area contributed by atoms with Gasteiger partial charge in [-0.05, 0) is 92.2 Å². The van der Waals surface area contributed by atoms with Crippen molar-refractivity contribution in [1.82, 2.24) is 0 Å². The van der Waals surface area contributed by atoms with E-state index >= 15 is 0 Å². The van der Waals surface area contributed by atoms with Crippen molar-refractivity contribution >= 4 is 35.8 Å². The number of carbonyl (C=O) groups excluding carboxylic acids is 6. The Morgan fingerprint density at radius 3 is 1.70 bits per heavy atom. The second kappa shape index (κ2) is 26.8. The van der Waals surface area contributed by atoms with Crippen LogP contribution in [0.4, 0.5) is 0 Å². The fourth-order valence-electron chi connectivity index (χ4n) is 6.90. The molecule has 0 unspecified atom stereocenters. The SMILES string of the molecule is C=C(C)C(=O)OCC(COC(=O)C(=O)OCCOC)(COC(=O)C(=O)OCCOC)COc1ccc(-c2ccc(C3CCC(CCCCC)CC3)cc2CC)cc1OC(=O)C(=C)C. The van der Waals surface area contributed by atoms with Gasteiger partial charge >= 0.3 is 35.8 Å². The topological polar surface area (TPSA) is 185 Å². The van der Waals surface area contributed by atoms with Gasteiger partial charge in [0.15, 0.2) is 11.5 Å². The fraction of sp³-hybridized carbons (Fsp3) is 0.542. The number of hydrogen-bond donors (Lipinski definition) is 0. The van der Waals surface area contributed by atoms with Crippen LogP contribution in [0.1, 0.15) is 96.1 Å². The second-order valence-electron chi connectivity index (χ2n) is 15.9. The molecule has 1 aliphatic carbocycles. The molecule has 0 amide bonds. The van der Waals surface area contributed by atoms with Crippen molar-refractivity contribution in [2.24, 2.45) is 11.3 Å². The van der Waals surface area contributed by atoms with Gasteiger partial charge in [0, 0.05) is 25.4 Å². The first-order chi connectivity index (χ1) is 30.2. The monoisotopic (exact) mass is 880 g/mol. The van der Waals surface area contributed by atoms with Crippen LogP contribution in [0.15, 0.2) is 60.7 Å². The molecule has 0 aromatic heterocycles. The third kappa shape index (κ3) is 16.9. The molecule has 0 atom stereocenters. The van der Waals surface area contributed by atoms with Crippen LogP contribution in [-0.4, -0.2) is 103 Å². The minimum atomic E-state index is -1.80. The lowest BCUT2D eigenvalue weighted by Crippen LogP contribution is -2.45. The summed E-state index contributed by atoms with van der Waals surface area (Å²) in [5, 5.41) is 0. The Morgan fingerprint density at radius 2 is 1.17 bits per heavy atom. The van der Waals surface area contributed by atoms with Crippen molar-refractivity contribution in [3.05, 3.63) is 71.8 Å². The van der Waals surface area contributed by atoms with Gasteiger partial charge in [-0.25, -0.2) is 28.8 Å². The summed E-state index contributed by atoms with van der Waals surface area (Å²) < 4.78 is 47.4. The van der Waals surface area contributed by atoms with E-state index in [9.17, 15) is 28.8 Å². The minimum absolute atomic E-state index is 0.00159. The van der Waals surface area contributed by atoms with Gasteiger partial charge in [0.05, 0.1) is 13.2 Å². The summed E-state index contributed by atoms with van der Waals surface area (Å²) in [6.07, 6.45) is 10.7. The first-order valence-electron chi connectivity index (χ1n) is 21.4. The highest BCUT2D eigenvalue weighted by Crippen LogP contribution is 2.41. The van der Waals surface area contributed by atoms with Crippen molar-refractivity contribution in [1.29, 1.82) is 0 Å². The van der Waals surface area contributed by atoms with Crippen LogP contribution in [0.25, 0.3) is 11.1 Å². The van der Waals surface area contributed by atoms with Crippen molar-refractivity contribution in [3.8, 4) is 22.6 Å². The standard InChI is InChI=1S/C48H64O15/c1-9-11-12-13-34-14-16-36(17-15-34)37-18-20-39(35(10-2)26-37)38-19-21-40(41(27-38)63-43(50)33(5)6)59-28-48(29-60-42(49)32(3)4,30-61-46(53)44(51)57-24-22-55-7)31-62-47(54)45(52)58-25-23-56-8/h18-21,26-27,34,36H,3,5,9-17,22-25,28-31H2,1-2,4,6-8H3. The molecule has 0 bridgehead atoms. The van der Waals surface area contributed by atoms with E-state index in [0.29, 0.717) is 5.92 Å². The number of carbonyl (C=O) groups is 6. The van der Waals surface area contributed by atoms with Crippen LogP contribution in [0.3, 0.4) is 0 Å². The number of ether oxygens (including phenoxy) is 9. The summed E-state index contributed by atoms with van der Waals surface area (Å²) in [6.45, 7) is 11.3. The number of rotatable bonds is 25. The van der Waals surface area contributed by atoms with Crippen LogP contribution in [-0.2, 0) is 68.3 Å². The van der Waals surface area contributed by atoms with E-state index in [0.717, 1.165) is 41.9 Å². The Labute approximate surface area is 370 Å². The molecule has 0 aliphatic heterocycles. The van der Waals surface area contributed by atoms with Gasteiger partial charge in [0.1, 0.15) is 45.1 Å². The zero-order valence-electron chi connectivity index (χ0n) is 37.7. The van der Waals surface area contributed by atoms with Crippen LogP contribution in [0.5, 0.6) is 11.5 Å². The summed E-state index contributed by atoms with van der Waals surface area (Å²) in [6, 6.07) is 11.5. The predicted molar refractivity (Wildman–Crippen MR) is 232 cm³/mol. The van der Waals surface area contributed by atoms with Gasteiger partial charge < -0.3 is 42.6 Å². The normalized spacial score (nSPS) is 14.8. The zero-order valence-corrected chi connectivity index (χ0v) is 37.7. The Hall–Kier alpha value is -5.54. The van der Waals surface area contributed by atoms with E-state index in [2.05, 4.69) is 45.2 Å². The smallest absolute Gasteiger partial charge is 0.417 e. The van der Waals surface area contributed by atoms with E-state index in [4.69, 9.17) is 42.6 Å². The van der Waals surface area contributed by atoms with E-state index in [-0.39, 0.29) is 49.1 Å². The number of esters is 6. The first kappa shape index (κ1) is 51.8. The van der Waals surface area contributed by atoms with Gasteiger partial charge in [0.25, 0.3) is 0 Å². The van der Waals surface area contributed by atoms with Crippen molar-refractivity contribution in [2.75, 3.05) is 67.1 Å². The highest BCUT2D eigenvalue weighted by molar-refractivity contribution is 6.30. The van der Waals surface area contributed by atoms with Gasteiger partial charge in [-0.1, -0.05) is 77.0 Å². The van der Waals surface area contributed by atoms with Crippen LogP contribution < -0.4 is 9.47 Å². The van der Waals surface area contributed by atoms with Gasteiger partial charge in [-0.3, -0.25) is 0 Å². The Morgan fingerprint density at radius 1 is 0.619 bits per heavy atom. The molecule has 0 spiro atoms. The molecule has 0 saturated heterocycles. The van der Waals surface area contributed by atoms with Crippen molar-refractivity contribution in [2.45, 2.75) is 91.4 Å². The lowest BCUT2D eigenvalue weighted by molar-refractivity contribution is -0.179. The molecule has 0 radical (unpaired) electrons. The van der Waals surface area contributed by atoms with Gasteiger partial charge in [-0.15, -0.1) is 0 Å². The molecule has 2 aromatic rings. The van der Waals surface area contributed by atoms with Gasteiger partial charge in [0.2, 0.25) is 0 Å². The maximum absolute atomic E-state index is 13.0. The summed E-state index contributed by atoms with van der Waals surface area (Å²) in [5.41, 5.74) is 2.42. The highest BCUT2D eigenvalue weighted by Gasteiger charge is 2.40. The average molecular weight is 881 g/mol. The predicted octanol–water partition coefficient (Wildman–Crippen LogP) is 7.20. The summed E-state index contributed by atoms with van der Waals surface area (Å²) in [7, 11) is 2.75. The van der Waals surface area contributed by atoms with E-state index in [1.165, 1.54) is 72.2 Å². The molecule has 3 rings (SSSR count). The maximum atomic E-state index is 13.0.